The first-order valence-electron chi connectivity index (χ1n) is 27.6. The van der Waals surface area contributed by atoms with Crippen LogP contribution >= 0.6 is 0 Å². The summed E-state index contributed by atoms with van der Waals surface area (Å²) < 4.78 is 18.1. The Hall–Kier alpha value is -1.34. The first-order chi connectivity index (χ1) is 30.2. The van der Waals surface area contributed by atoms with E-state index in [2.05, 4.69) is 79.9 Å². The lowest BCUT2D eigenvalue weighted by molar-refractivity contribution is -0.122. The summed E-state index contributed by atoms with van der Waals surface area (Å²) in [7, 11) is 0. The van der Waals surface area contributed by atoms with Crippen LogP contribution in [0.2, 0.25) is 0 Å². The zero-order valence-corrected chi connectivity index (χ0v) is 44.3. The first-order valence-corrected chi connectivity index (χ1v) is 27.6. The summed E-state index contributed by atoms with van der Waals surface area (Å²) >= 11 is 0. The number of carbonyl (C=O) groups excluding carboxylic acids is 2. The number of nitrogens with one attached hydrogen (secondary N) is 2. The number of hydrogen-bond acceptors (Lipinski definition) is 5. The van der Waals surface area contributed by atoms with Gasteiger partial charge in [0.05, 0.1) is 18.2 Å². The fourth-order valence-electron chi connectivity index (χ4n) is 8.75. The molecule has 7 nitrogen and oxygen atoms in total. The van der Waals surface area contributed by atoms with Crippen molar-refractivity contribution in [1.29, 1.82) is 0 Å². The van der Waals surface area contributed by atoms with Gasteiger partial charge in [-0.25, -0.2) is 4.79 Å². The van der Waals surface area contributed by atoms with Crippen molar-refractivity contribution in [3.8, 4) is 0 Å². The maximum Gasteiger partial charge on any atom is 0.407 e. The van der Waals surface area contributed by atoms with Gasteiger partial charge < -0.3 is 24.8 Å². The van der Waals surface area contributed by atoms with E-state index in [1.807, 2.05) is 0 Å². The predicted octanol–water partition coefficient (Wildman–Crippen LogP) is 17.0. The molecule has 0 radical (unpaired) electrons. The molecule has 0 aliphatic rings. The van der Waals surface area contributed by atoms with E-state index in [0.717, 1.165) is 38.7 Å². The fraction of sp³-hybridized carbons (Fsp3) is 0.964. The van der Waals surface area contributed by atoms with Gasteiger partial charge in [0.25, 0.3) is 0 Å². The molecule has 0 fully saturated rings. The monoisotopic (exact) mass is 893 g/mol. The molecule has 63 heavy (non-hydrogen) atoms. The number of carbonyl (C=O) groups is 2. The van der Waals surface area contributed by atoms with Crippen molar-refractivity contribution in [3.63, 3.8) is 0 Å². The van der Waals surface area contributed by atoms with Gasteiger partial charge in [-0.15, -0.1) is 0 Å². The highest BCUT2D eigenvalue weighted by atomic mass is 16.6. The van der Waals surface area contributed by atoms with Gasteiger partial charge in [-0.05, 0) is 56.3 Å². The van der Waals surface area contributed by atoms with Crippen molar-refractivity contribution in [2.24, 2.45) is 16.7 Å². The Bertz CT molecular complexity index is 1030. The van der Waals surface area contributed by atoms with E-state index in [1.165, 1.54) is 180 Å². The van der Waals surface area contributed by atoms with E-state index in [4.69, 9.17) is 14.2 Å². The first kappa shape index (κ1) is 61.7. The molecule has 0 aromatic rings. The van der Waals surface area contributed by atoms with Gasteiger partial charge in [0.2, 0.25) is 5.91 Å². The summed E-state index contributed by atoms with van der Waals surface area (Å²) in [5, 5.41) is 6.18. The Morgan fingerprint density at radius 1 is 0.492 bits per heavy atom. The molecule has 0 saturated heterocycles. The summed E-state index contributed by atoms with van der Waals surface area (Å²) in [5.41, 5.74) is -0.576. The van der Waals surface area contributed by atoms with Crippen LogP contribution in [-0.4, -0.2) is 56.6 Å². The van der Waals surface area contributed by atoms with Gasteiger partial charge in [0.1, 0.15) is 6.61 Å². The molecule has 1 atom stereocenters. The van der Waals surface area contributed by atoms with Crippen LogP contribution in [0.4, 0.5) is 4.79 Å². The van der Waals surface area contributed by atoms with Gasteiger partial charge in [-0.3, -0.25) is 4.79 Å². The quantitative estimate of drug-likeness (QED) is 0.0595. The third-order valence-corrected chi connectivity index (χ3v) is 13.8. The van der Waals surface area contributed by atoms with Crippen molar-refractivity contribution >= 4 is 12.0 Å². The van der Waals surface area contributed by atoms with Crippen LogP contribution < -0.4 is 10.6 Å². The van der Waals surface area contributed by atoms with E-state index in [1.54, 1.807) is 0 Å². The predicted molar refractivity (Wildman–Crippen MR) is 273 cm³/mol. The molecule has 2 N–H and O–H groups in total. The minimum Gasteiger partial charge on any atom is -0.447 e. The molecular formula is C56H112N2O5. The molecule has 2 amide bonds. The third kappa shape index (κ3) is 39.5. The van der Waals surface area contributed by atoms with Crippen LogP contribution in [0.25, 0.3) is 0 Å². The maximum atomic E-state index is 13.1. The zero-order valence-electron chi connectivity index (χ0n) is 44.3. The Kier molecular flexibility index (Phi) is 40.0. The van der Waals surface area contributed by atoms with Crippen molar-refractivity contribution in [2.45, 2.75) is 299 Å². The summed E-state index contributed by atoms with van der Waals surface area (Å²) in [4.78, 5) is 26.1. The van der Waals surface area contributed by atoms with Crippen LogP contribution in [0, 0.1) is 16.7 Å². The summed E-state index contributed by atoms with van der Waals surface area (Å²) in [6.07, 6.45) is 43.0. The van der Waals surface area contributed by atoms with E-state index >= 15 is 0 Å². The van der Waals surface area contributed by atoms with Gasteiger partial charge in [0.15, 0.2) is 0 Å². The molecular weight excluding hydrogens is 781 g/mol. The second-order valence-electron chi connectivity index (χ2n) is 22.0. The van der Waals surface area contributed by atoms with E-state index in [-0.39, 0.29) is 35.0 Å². The summed E-state index contributed by atoms with van der Waals surface area (Å²) in [6, 6.07) is -0.367. The highest BCUT2D eigenvalue weighted by Gasteiger charge is 2.41. The maximum absolute atomic E-state index is 13.1. The second kappa shape index (κ2) is 40.9. The van der Waals surface area contributed by atoms with Gasteiger partial charge >= 0.3 is 6.09 Å². The zero-order chi connectivity index (χ0) is 46.9. The molecule has 0 bridgehead atoms. The highest BCUT2D eigenvalue weighted by Crippen LogP contribution is 2.44. The largest absolute Gasteiger partial charge is 0.447 e. The number of hydrogen-bond donors (Lipinski definition) is 2. The number of amides is 2. The summed E-state index contributed by atoms with van der Waals surface area (Å²) in [6.45, 7) is 24.6. The van der Waals surface area contributed by atoms with Crippen LogP contribution in [0.1, 0.15) is 288 Å². The lowest BCUT2D eigenvalue weighted by Gasteiger charge is -2.46. The molecule has 1 unspecified atom stereocenters. The van der Waals surface area contributed by atoms with Crippen molar-refractivity contribution in [2.75, 3.05) is 33.0 Å². The molecule has 0 aromatic carbocycles. The molecule has 7 heteroatoms. The molecule has 376 valence electrons. The Morgan fingerprint density at radius 3 is 1.30 bits per heavy atom. The van der Waals surface area contributed by atoms with Gasteiger partial charge in [-0.1, -0.05) is 242 Å². The average molecular weight is 894 g/mol. The van der Waals surface area contributed by atoms with E-state index < -0.39 is 6.09 Å². The molecule has 0 aliphatic heterocycles. The van der Waals surface area contributed by atoms with Crippen LogP contribution in [0.3, 0.4) is 0 Å². The summed E-state index contributed by atoms with van der Waals surface area (Å²) in [5.74, 6) is 0.633. The van der Waals surface area contributed by atoms with E-state index in [9.17, 15) is 9.59 Å². The number of ether oxygens (including phenoxy) is 3. The van der Waals surface area contributed by atoms with Gasteiger partial charge in [0, 0.05) is 26.2 Å². The number of rotatable bonds is 47. The third-order valence-electron chi connectivity index (χ3n) is 13.8. The van der Waals surface area contributed by atoms with Crippen LogP contribution in [-0.2, 0) is 19.0 Å². The normalized spacial score (nSPS) is 12.9. The minimum atomic E-state index is -0.453. The molecule has 0 rings (SSSR count). The lowest BCUT2D eigenvalue weighted by atomic mass is 9.63. The smallest absolute Gasteiger partial charge is 0.407 e. The fourth-order valence-corrected chi connectivity index (χ4v) is 8.75. The highest BCUT2D eigenvalue weighted by molar-refractivity contribution is 5.76. The lowest BCUT2D eigenvalue weighted by Crippen LogP contribution is -2.47. The second-order valence-corrected chi connectivity index (χ2v) is 22.0. The van der Waals surface area contributed by atoms with Crippen LogP contribution in [0.15, 0.2) is 0 Å². The average Bonchev–Trinajstić information content (AvgIpc) is 3.22. The van der Waals surface area contributed by atoms with Gasteiger partial charge in [-0.2, -0.15) is 0 Å². The van der Waals surface area contributed by atoms with Crippen molar-refractivity contribution in [1.82, 2.24) is 10.6 Å². The minimum absolute atomic E-state index is 0.0193. The van der Waals surface area contributed by atoms with Crippen molar-refractivity contribution < 1.29 is 23.8 Å². The molecule has 0 saturated carbocycles. The SMILES string of the molecule is CCCCCCCCCCCCCCCCCCOCC(COC(=O)NCC(C)(C)C(C)(C)CC(C)(C)OCCC(C)C)NC(=O)CCCCCCCCCCCCCCCCC. The Labute approximate surface area is 394 Å². The number of alkyl carbamates (subject to hydrolysis) is 1. The Balaban J connectivity index is 4.65. The van der Waals surface area contributed by atoms with E-state index in [0.29, 0.717) is 32.1 Å². The topological polar surface area (TPSA) is 85.9 Å². The standard InChI is InChI=1S/C56H112N2O5/c1-11-13-15-17-19-21-23-25-27-29-31-33-35-37-39-41-44-61-46-51(58-52(59)42-40-38-36-34-32-30-28-26-24-22-20-18-16-14-12-2)47-62-53(60)57-49-55(7,8)54(5,6)48-56(9,10)63-45-43-50(3)4/h50-51H,11-49H2,1-10H3,(H,57,60)(H,58,59). The van der Waals surface area contributed by atoms with Crippen molar-refractivity contribution in [3.05, 3.63) is 0 Å². The molecule has 0 heterocycles. The molecule has 0 aromatic heterocycles. The molecule has 0 spiro atoms. The molecule has 0 aliphatic carbocycles. The Morgan fingerprint density at radius 2 is 0.889 bits per heavy atom. The van der Waals surface area contributed by atoms with Crippen LogP contribution in [0.5, 0.6) is 0 Å². The number of unbranched alkanes of at least 4 members (excludes halogenated alkanes) is 29.